The third-order valence-corrected chi connectivity index (χ3v) is 4.92. The molecule has 5 nitrogen and oxygen atoms in total. The van der Waals surface area contributed by atoms with Gasteiger partial charge in [0.2, 0.25) is 0 Å². The van der Waals surface area contributed by atoms with E-state index in [-0.39, 0.29) is 5.75 Å². The van der Waals surface area contributed by atoms with Crippen molar-refractivity contribution < 1.29 is 23.0 Å². The van der Waals surface area contributed by atoms with Crippen LogP contribution in [0.15, 0.2) is 59.8 Å². The summed E-state index contributed by atoms with van der Waals surface area (Å²) in [7, 11) is 1.31. The normalized spacial score (nSPS) is 16.7. The highest BCUT2D eigenvalue weighted by molar-refractivity contribution is 7.80. The van der Waals surface area contributed by atoms with Gasteiger partial charge in [-0.1, -0.05) is 29.8 Å². The zero-order valence-electron chi connectivity index (χ0n) is 16.1. The Morgan fingerprint density at radius 2 is 1.72 bits per heavy atom. The average molecular weight is 418 g/mol. The minimum absolute atomic E-state index is 0.0312. The Morgan fingerprint density at radius 3 is 2.28 bits per heavy atom. The van der Waals surface area contributed by atoms with Crippen LogP contribution in [0.2, 0.25) is 0 Å². The molecular formula is C21H20F2N2O3S. The van der Waals surface area contributed by atoms with Crippen LogP contribution in [-0.2, 0) is 9.53 Å². The number of alkyl halides is 2. The monoisotopic (exact) mass is 418 g/mol. The Bertz CT molecular complexity index is 943. The second-order valence-corrected chi connectivity index (χ2v) is 6.88. The van der Waals surface area contributed by atoms with Crippen molar-refractivity contribution in [3.63, 3.8) is 0 Å². The minimum atomic E-state index is -2.91. The molecule has 0 aromatic heterocycles. The average Bonchev–Trinajstić information content (AvgIpc) is 2.68. The van der Waals surface area contributed by atoms with E-state index in [0.29, 0.717) is 21.9 Å². The van der Waals surface area contributed by atoms with Crippen molar-refractivity contribution in [3.8, 4) is 5.75 Å². The number of halogens is 2. The van der Waals surface area contributed by atoms with Crippen LogP contribution in [0.4, 0.5) is 14.5 Å². The molecule has 0 spiro atoms. The van der Waals surface area contributed by atoms with Crippen LogP contribution in [0.25, 0.3) is 0 Å². The molecule has 29 heavy (non-hydrogen) atoms. The van der Waals surface area contributed by atoms with Crippen molar-refractivity contribution in [3.05, 3.63) is 70.9 Å². The SMILES string of the molecule is COC(=O)C1=C(C)N(c2ccc(C)cc2)C(=S)N[C@H]1c1ccc(OC(F)F)cc1. The van der Waals surface area contributed by atoms with E-state index in [0.717, 1.165) is 11.3 Å². The molecule has 1 aliphatic rings. The molecule has 1 aliphatic heterocycles. The Kier molecular flexibility index (Phi) is 6.12. The van der Waals surface area contributed by atoms with Gasteiger partial charge in [-0.2, -0.15) is 8.78 Å². The first-order chi connectivity index (χ1) is 13.8. The molecule has 0 fully saturated rings. The van der Waals surface area contributed by atoms with Crippen molar-refractivity contribution in [2.75, 3.05) is 12.0 Å². The third kappa shape index (κ3) is 4.37. The number of nitrogens with zero attached hydrogens (tertiary/aromatic N) is 1. The fourth-order valence-corrected chi connectivity index (χ4v) is 3.57. The van der Waals surface area contributed by atoms with Crippen molar-refractivity contribution in [1.82, 2.24) is 5.32 Å². The van der Waals surface area contributed by atoms with Crippen LogP contribution in [-0.4, -0.2) is 24.8 Å². The molecule has 2 aromatic rings. The zero-order chi connectivity index (χ0) is 21.1. The molecule has 2 aromatic carbocycles. The molecular weight excluding hydrogens is 398 g/mol. The minimum Gasteiger partial charge on any atom is -0.466 e. The van der Waals surface area contributed by atoms with Crippen LogP contribution in [0.3, 0.4) is 0 Å². The molecule has 3 rings (SSSR count). The summed E-state index contributed by atoms with van der Waals surface area (Å²) in [6.07, 6.45) is 0. The number of aryl methyl sites for hydroxylation is 1. The molecule has 0 saturated heterocycles. The number of hydrogen-bond donors (Lipinski definition) is 1. The standard InChI is InChI=1S/C21H20F2N2O3S/c1-12-4-8-15(9-5-12)25-13(2)17(19(26)27-3)18(24-21(25)29)14-6-10-16(11-7-14)28-20(22)23/h4-11,18,20H,1-3H3,(H,24,29)/t18-/m0/s1. The topological polar surface area (TPSA) is 50.8 Å². The van der Waals surface area contributed by atoms with E-state index < -0.39 is 18.6 Å². The smallest absolute Gasteiger partial charge is 0.387 e. The number of methoxy groups -OCH3 is 1. The van der Waals surface area contributed by atoms with Crippen molar-refractivity contribution in [1.29, 1.82) is 0 Å². The number of rotatable bonds is 5. The maximum absolute atomic E-state index is 12.6. The molecule has 0 bridgehead atoms. The van der Waals surface area contributed by atoms with Gasteiger partial charge in [-0.3, -0.25) is 4.90 Å². The van der Waals surface area contributed by atoms with Gasteiger partial charge in [0.25, 0.3) is 0 Å². The fourth-order valence-electron chi connectivity index (χ4n) is 3.21. The maximum Gasteiger partial charge on any atom is 0.387 e. The Labute approximate surface area is 172 Å². The van der Waals surface area contributed by atoms with Crippen molar-refractivity contribution in [2.24, 2.45) is 0 Å². The number of ether oxygens (including phenoxy) is 2. The summed E-state index contributed by atoms with van der Waals surface area (Å²) in [4.78, 5) is 14.4. The van der Waals surface area contributed by atoms with Crippen molar-refractivity contribution >= 4 is 29.0 Å². The molecule has 0 aliphatic carbocycles. The number of carbonyl (C=O) groups excluding carboxylic acids is 1. The van der Waals surface area contributed by atoms with Gasteiger partial charge < -0.3 is 14.8 Å². The van der Waals surface area contributed by atoms with E-state index >= 15 is 0 Å². The highest BCUT2D eigenvalue weighted by Crippen LogP contribution is 2.34. The molecule has 1 heterocycles. The summed E-state index contributed by atoms with van der Waals surface area (Å²) in [5.41, 5.74) is 3.58. The lowest BCUT2D eigenvalue weighted by Gasteiger charge is -2.37. The lowest BCUT2D eigenvalue weighted by atomic mass is 9.94. The number of allylic oxidation sites excluding steroid dienone is 1. The van der Waals surface area contributed by atoms with Gasteiger partial charge in [-0.25, -0.2) is 4.79 Å². The zero-order valence-corrected chi connectivity index (χ0v) is 16.9. The van der Waals surface area contributed by atoms with Crippen LogP contribution in [0, 0.1) is 6.92 Å². The molecule has 0 saturated carbocycles. The van der Waals surface area contributed by atoms with Crippen LogP contribution in [0.5, 0.6) is 5.75 Å². The Balaban J connectivity index is 2.03. The maximum atomic E-state index is 12.6. The molecule has 1 N–H and O–H groups in total. The first-order valence-electron chi connectivity index (χ1n) is 8.83. The molecule has 8 heteroatoms. The van der Waals surface area contributed by atoms with Gasteiger partial charge in [-0.15, -0.1) is 0 Å². The van der Waals surface area contributed by atoms with Crippen LogP contribution in [0.1, 0.15) is 24.1 Å². The largest absolute Gasteiger partial charge is 0.466 e. The van der Waals surface area contributed by atoms with Gasteiger partial charge in [0.1, 0.15) is 5.75 Å². The predicted octanol–water partition coefficient (Wildman–Crippen LogP) is 4.48. The predicted molar refractivity (Wildman–Crippen MR) is 110 cm³/mol. The number of thiocarbonyl (C=S) groups is 1. The van der Waals surface area contributed by atoms with E-state index in [1.165, 1.54) is 19.2 Å². The van der Waals surface area contributed by atoms with Gasteiger partial charge in [0.05, 0.1) is 18.7 Å². The molecule has 152 valence electrons. The Hall–Kier alpha value is -3.00. The van der Waals surface area contributed by atoms with Gasteiger partial charge in [0.15, 0.2) is 5.11 Å². The van der Waals surface area contributed by atoms with Gasteiger partial charge in [-0.05, 0) is 55.9 Å². The second kappa shape index (κ2) is 8.57. The third-order valence-electron chi connectivity index (χ3n) is 4.62. The summed E-state index contributed by atoms with van der Waals surface area (Å²) in [5, 5.41) is 3.58. The highest BCUT2D eigenvalue weighted by Gasteiger charge is 2.35. The van der Waals surface area contributed by atoms with Crippen LogP contribution >= 0.6 is 12.2 Å². The lowest BCUT2D eigenvalue weighted by Crippen LogP contribution is -2.48. The second-order valence-electron chi connectivity index (χ2n) is 6.49. The van der Waals surface area contributed by atoms with E-state index in [1.807, 2.05) is 31.2 Å². The first-order valence-corrected chi connectivity index (χ1v) is 9.23. The fraction of sp³-hybridized carbons (Fsp3) is 0.238. The van der Waals surface area contributed by atoms with E-state index in [4.69, 9.17) is 17.0 Å². The number of anilines is 1. The molecule has 0 unspecified atom stereocenters. The Morgan fingerprint density at radius 1 is 1.10 bits per heavy atom. The first kappa shape index (κ1) is 20.7. The summed E-state index contributed by atoms with van der Waals surface area (Å²) < 4.78 is 34.2. The van der Waals surface area contributed by atoms with E-state index in [2.05, 4.69) is 10.1 Å². The number of esters is 1. The highest BCUT2D eigenvalue weighted by atomic mass is 32.1. The number of benzene rings is 2. The quantitative estimate of drug-likeness (QED) is 0.571. The van der Waals surface area contributed by atoms with Crippen LogP contribution < -0.4 is 15.0 Å². The van der Waals surface area contributed by atoms with Crippen molar-refractivity contribution in [2.45, 2.75) is 26.5 Å². The number of nitrogens with one attached hydrogen (secondary N) is 1. The van der Waals surface area contributed by atoms with E-state index in [1.54, 1.807) is 24.0 Å². The number of hydrogen-bond acceptors (Lipinski definition) is 4. The summed E-state index contributed by atoms with van der Waals surface area (Å²) in [6.45, 7) is 0.869. The number of carbonyl (C=O) groups is 1. The van der Waals surface area contributed by atoms with Gasteiger partial charge in [0, 0.05) is 11.4 Å². The summed E-state index contributed by atoms with van der Waals surface area (Å²) in [6, 6.07) is 13.2. The summed E-state index contributed by atoms with van der Waals surface area (Å²) in [5.74, 6) is -0.476. The molecule has 0 radical (unpaired) electrons. The lowest BCUT2D eigenvalue weighted by molar-refractivity contribution is -0.136. The molecule has 0 amide bonds. The van der Waals surface area contributed by atoms with E-state index in [9.17, 15) is 13.6 Å². The van der Waals surface area contributed by atoms with Gasteiger partial charge >= 0.3 is 12.6 Å². The summed E-state index contributed by atoms with van der Waals surface area (Å²) >= 11 is 5.56. The molecule has 1 atom stereocenters.